The van der Waals surface area contributed by atoms with Crippen molar-refractivity contribution in [1.82, 2.24) is 9.78 Å². The summed E-state index contributed by atoms with van der Waals surface area (Å²) in [5.74, 6) is 0. The van der Waals surface area contributed by atoms with Crippen molar-refractivity contribution in [1.29, 1.82) is 0 Å². The average Bonchev–Trinajstić information content (AvgIpc) is 2.66. The largest absolute Gasteiger partial charge is 0.392 e. The molecule has 0 spiro atoms. The Bertz CT molecular complexity index is 598. The van der Waals surface area contributed by atoms with E-state index in [1.54, 1.807) is 0 Å². The van der Waals surface area contributed by atoms with Crippen LogP contribution in [0.4, 0.5) is 0 Å². The topological polar surface area (TPSA) is 38.0 Å². The van der Waals surface area contributed by atoms with Crippen LogP contribution in [0.25, 0.3) is 0 Å². The van der Waals surface area contributed by atoms with Gasteiger partial charge in [0.05, 0.1) is 22.0 Å². The fraction of sp³-hybridized carbons (Fsp3) is 0.400. The summed E-state index contributed by atoms with van der Waals surface area (Å²) in [6.45, 7) is 4.81. The van der Waals surface area contributed by atoms with Gasteiger partial charge in [0.2, 0.25) is 0 Å². The van der Waals surface area contributed by atoms with E-state index >= 15 is 0 Å². The molecule has 0 fully saturated rings. The summed E-state index contributed by atoms with van der Waals surface area (Å²) in [4.78, 5) is 0. The Kier molecular flexibility index (Phi) is 5.24. The maximum atomic E-state index is 10.3. The van der Waals surface area contributed by atoms with Crippen LogP contribution in [-0.4, -0.2) is 21.0 Å². The molecular formula is C15H18BrClN2O. The fourth-order valence-corrected chi connectivity index (χ4v) is 2.95. The van der Waals surface area contributed by atoms with E-state index in [2.05, 4.69) is 21.0 Å². The van der Waals surface area contributed by atoms with Crippen LogP contribution in [0.1, 0.15) is 23.9 Å². The molecule has 1 aromatic carbocycles. The van der Waals surface area contributed by atoms with E-state index in [1.165, 1.54) is 0 Å². The highest BCUT2D eigenvalue weighted by Gasteiger charge is 2.16. The molecule has 1 unspecified atom stereocenters. The third kappa shape index (κ3) is 3.62. The van der Waals surface area contributed by atoms with Crippen molar-refractivity contribution in [2.75, 3.05) is 0 Å². The third-order valence-electron chi connectivity index (χ3n) is 3.24. The number of aryl methyl sites for hydroxylation is 2. The number of nitrogens with zero attached hydrogens (tertiary/aromatic N) is 2. The summed E-state index contributed by atoms with van der Waals surface area (Å²) in [6.07, 6.45) is 0.703. The molecule has 0 bridgehead atoms. The van der Waals surface area contributed by atoms with Crippen LogP contribution in [0.5, 0.6) is 0 Å². The summed E-state index contributed by atoms with van der Waals surface area (Å²) >= 11 is 9.51. The number of hydrogen-bond donors (Lipinski definition) is 1. The van der Waals surface area contributed by atoms with E-state index in [4.69, 9.17) is 11.6 Å². The zero-order chi connectivity index (χ0) is 14.7. The van der Waals surface area contributed by atoms with Crippen molar-refractivity contribution in [3.05, 3.63) is 50.7 Å². The van der Waals surface area contributed by atoms with Crippen molar-refractivity contribution < 1.29 is 5.11 Å². The lowest BCUT2D eigenvalue weighted by atomic mass is 10.0. The second-order valence-corrected chi connectivity index (χ2v) is 6.08. The molecule has 1 atom stereocenters. The van der Waals surface area contributed by atoms with Crippen molar-refractivity contribution >= 4 is 27.5 Å². The second kappa shape index (κ2) is 6.74. The SMILES string of the molecule is CCn1nc(C)c(Br)c1CC(O)Cc1cccc(Cl)c1. The summed E-state index contributed by atoms with van der Waals surface area (Å²) in [6, 6.07) is 7.61. The van der Waals surface area contributed by atoms with E-state index in [0.717, 1.165) is 28.0 Å². The van der Waals surface area contributed by atoms with Gasteiger partial charge in [-0.1, -0.05) is 23.7 Å². The molecule has 0 saturated carbocycles. The Morgan fingerprint density at radius 1 is 1.40 bits per heavy atom. The molecule has 1 N–H and O–H groups in total. The molecule has 2 aromatic rings. The molecule has 0 radical (unpaired) electrons. The molecule has 1 aromatic heterocycles. The molecule has 0 amide bonds. The van der Waals surface area contributed by atoms with Crippen LogP contribution in [0, 0.1) is 6.92 Å². The summed E-state index contributed by atoms with van der Waals surface area (Å²) < 4.78 is 2.92. The van der Waals surface area contributed by atoms with Crippen LogP contribution in [0.3, 0.4) is 0 Å². The van der Waals surface area contributed by atoms with Gasteiger partial charge in [0.1, 0.15) is 0 Å². The van der Waals surface area contributed by atoms with Crippen molar-refractivity contribution in [3.63, 3.8) is 0 Å². The minimum atomic E-state index is -0.453. The predicted octanol–water partition coefficient (Wildman–Crippen LogP) is 3.77. The van der Waals surface area contributed by atoms with Crippen LogP contribution in [0.2, 0.25) is 5.02 Å². The van der Waals surface area contributed by atoms with Gasteiger partial charge in [0.15, 0.2) is 0 Å². The normalized spacial score (nSPS) is 12.7. The summed E-state index contributed by atoms with van der Waals surface area (Å²) in [7, 11) is 0. The van der Waals surface area contributed by atoms with Gasteiger partial charge in [-0.15, -0.1) is 0 Å². The highest BCUT2D eigenvalue weighted by Crippen LogP contribution is 2.23. The number of aliphatic hydroxyl groups is 1. The first kappa shape index (κ1) is 15.5. The van der Waals surface area contributed by atoms with Crippen LogP contribution >= 0.6 is 27.5 Å². The number of hydrogen-bond acceptors (Lipinski definition) is 2. The van der Waals surface area contributed by atoms with Crippen molar-refractivity contribution in [3.8, 4) is 0 Å². The minimum Gasteiger partial charge on any atom is -0.392 e. The third-order valence-corrected chi connectivity index (χ3v) is 4.51. The standard InChI is InChI=1S/C15H18BrClN2O/c1-3-19-14(15(16)10(2)18-19)9-13(20)8-11-5-4-6-12(17)7-11/h4-7,13,20H,3,8-9H2,1-2H3. The molecule has 1 heterocycles. The lowest BCUT2D eigenvalue weighted by Crippen LogP contribution is -2.17. The van der Waals surface area contributed by atoms with Gasteiger partial charge in [0.25, 0.3) is 0 Å². The van der Waals surface area contributed by atoms with E-state index in [-0.39, 0.29) is 0 Å². The van der Waals surface area contributed by atoms with E-state index in [0.29, 0.717) is 17.9 Å². The molecule has 5 heteroatoms. The summed E-state index contributed by atoms with van der Waals surface area (Å²) in [5, 5.41) is 15.4. The van der Waals surface area contributed by atoms with Gasteiger partial charge in [-0.3, -0.25) is 4.68 Å². The monoisotopic (exact) mass is 356 g/mol. The maximum Gasteiger partial charge on any atom is 0.0738 e. The first-order valence-corrected chi connectivity index (χ1v) is 7.82. The average molecular weight is 358 g/mol. The zero-order valence-electron chi connectivity index (χ0n) is 11.6. The van der Waals surface area contributed by atoms with Gasteiger partial charge >= 0.3 is 0 Å². The molecule has 2 rings (SSSR count). The van der Waals surface area contributed by atoms with Gasteiger partial charge in [-0.2, -0.15) is 5.10 Å². The molecule has 108 valence electrons. The lowest BCUT2D eigenvalue weighted by Gasteiger charge is -2.12. The van der Waals surface area contributed by atoms with Gasteiger partial charge in [0, 0.05) is 18.0 Å². The van der Waals surface area contributed by atoms with Gasteiger partial charge < -0.3 is 5.11 Å². The van der Waals surface area contributed by atoms with Crippen LogP contribution in [-0.2, 0) is 19.4 Å². The molecule has 20 heavy (non-hydrogen) atoms. The highest BCUT2D eigenvalue weighted by atomic mass is 79.9. The number of benzene rings is 1. The number of halogens is 2. The number of rotatable bonds is 5. The Labute approximate surface area is 132 Å². The Morgan fingerprint density at radius 3 is 2.80 bits per heavy atom. The van der Waals surface area contributed by atoms with Gasteiger partial charge in [-0.25, -0.2) is 0 Å². The Morgan fingerprint density at radius 2 is 2.15 bits per heavy atom. The number of aliphatic hydroxyl groups excluding tert-OH is 1. The summed E-state index contributed by atoms with van der Waals surface area (Å²) in [5.41, 5.74) is 3.04. The molecular weight excluding hydrogens is 340 g/mol. The first-order valence-electron chi connectivity index (χ1n) is 6.65. The lowest BCUT2D eigenvalue weighted by molar-refractivity contribution is 0.172. The molecule has 0 aliphatic carbocycles. The van der Waals surface area contributed by atoms with Crippen molar-refractivity contribution in [2.45, 2.75) is 39.3 Å². The smallest absolute Gasteiger partial charge is 0.0738 e. The second-order valence-electron chi connectivity index (χ2n) is 4.85. The zero-order valence-corrected chi connectivity index (χ0v) is 13.9. The van der Waals surface area contributed by atoms with Crippen LogP contribution < -0.4 is 0 Å². The predicted molar refractivity (Wildman–Crippen MR) is 85.2 cm³/mol. The molecule has 0 saturated heterocycles. The van der Waals surface area contributed by atoms with Crippen molar-refractivity contribution in [2.24, 2.45) is 0 Å². The highest BCUT2D eigenvalue weighted by molar-refractivity contribution is 9.10. The molecule has 0 aliphatic heterocycles. The molecule has 3 nitrogen and oxygen atoms in total. The van der Waals surface area contributed by atoms with E-state index in [9.17, 15) is 5.11 Å². The first-order chi connectivity index (χ1) is 9.51. The van der Waals surface area contributed by atoms with Crippen LogP contribution in [0.15, 0.2) is 28.7 Å². The Balaban J connectivity index is 2.10. The quantitative estimate of drug-likeness (QED) is 0.884. The number of aromatic nitrogens is 2. The minimum absolute atomic E-state index is 0.453. The maximum absolute atomic E-state index is 10.3. The molecule has 0 aliphatic rings. The van der Waals surface area contributed by atoms with E-state index < -0.39 is 6.10 Å². The van der Waals surface area contributed by atoms with Gasteiger partial charge in [-0.05, 0) is 53.9 Å². The Hall–Kier alpha value is -0.840. The van der Waals surface area contributed by atoms with E-state index in [1.807, 2.05) is 42.8 Å². The fourth-order valence-electron chi connectivity index (χ4n) is 2.30.